The van der Waals surface area contributed by atoms with Crippen LogP contribution in [0.25, 0.3) is 0 Å². The molecule has 0 saturated carbocycles. The normalized spacial score (nSPS) is 25.6. The van der Waals surface area contributed by atoms with Crippen molar-refractivity contribution in [1.82, 2.24) is 0 Å². The Morgan fingerprint density at radius 1 is 1.21 bits per heavy atom. The molecule has 0 spiro atoms. The molecule has 14 heavy (non-hydrogen) atoms. The summed E-state index contributed by atoms with van der Waals surface area (Å²) in [4.78, 5) is 11.6. The molecule has 1 aliphatic heterocycles. The zero-order valence-electron chi connectivity index (χ0n) is 8.29. The number of carbonyl (C=O) groups excluding carboxylic acids is 1. The van der Waals surface area contributed by atoms with Crippen LogP contribution < -0.4 is 0 Å². The number of aliphatic hydroxyl groups is 1. The first-order chi connectivity index (χ1) is 6.79. The third kappa shape index (κ3) is 1.82. The van der Waals surface area contributed by atoms with Crippen LogP contribution in [0.15, 0.2) is 11.3 Å². The Labute approximate surface area is 83.8 Å². The van der Waals surface area contributed by atoms with Crippen molar-refractivity contribution in [3.63, 3.8) is 0 Å². The van der Waals surface area contributed by atoms with Crippen LogP contribution in [0.3, 0.4) is 0 Å². The highest BCUT2D eigenvalue weighted by molar-refractivity contribution is 5.97. The highest BCUT2D eigenvalue weighted by atomic mass is 16.5. The molecule has 0 radical (unpaired) electrons. The minimum Gasteiger partial charge on any atom is -0.512 e. The number of aliphatic hydroxyl groups excluding tert-OH is 1. The lowest BCUT2D eigenvalue weighted by molar-refractivity contribution is -0.117. The fourth-order valence-electron chi connectivity index (χ4n) is 2.30. The van der Waals surface area contributed by atoms with Crippen molar-refractivity contribution in [3.05, 3.63) is 11.3 Å². The number of Topliss-reactive ketones (excluding diaryl/α,β-unsaturated/α-hetero) is 1. The average Bonchev–Trinajstić information content (AvgIpc) is 2.19. The molecule has 3 heteroatoms. The summed E-state index contributed by atoms with van der Waals surface area (Å²) < 4.78 is 5.25. The van der Waals surface area contributed by atoms with Crippen LogP contribution in [0, 0.1) is 5.92 Å². The first-order valence-electron chi connectivity index (χ1n) is 5.32. The van der Waals surface area contributed by atoms with Crippen molar-refractivity contribution >= 4 is 5.78 Å². The summed E-state index contributed by atoms with van der Waals surface area (Å²) in [6, 6.07) is 0. The molecular formula is C11H16O3. The van der Waals surface area contributed by atoms with Gasteiger partial charge in [-0.2, -0.15) is 0 Å². The van der Waals surface area contributed by atoms with Crippen LogP contribution in [-0.4, -0.2) is 24.1 Å². The second-order valence-electron chi connectivity index (χ2n) is 4.02. The first-order valence-corrected chi connectivity index (χ1v) is 5.32. The van der Waals surface area contributed by atoms with E-state index in [2.05, 4.69) is 0 Å². The molecule has 3 nitrogen and oxygen atoms in total. The van der Waals surface area contributed by atoms with Gasteiger partial charge in [-0.3, -0.25) is 4.79 Å². The Hall–Kier alpha value is -0.830. The van der Waals surface area contributed by atoms with Crippen LogP contribution in [0.5, 0.6) is 0 Å². The fraction of sp³-hybridized carbons (Fsp3) is 0.727. The van der Waals surface area contributed by atoms with Gasteiger partial charge in [0, 0.05) is 31.6 Å². The molecule has 0 aromatic heterocycles. The topological polar surface area (TPSA) is 46.5 Å². The predicted molar refractivity (Wildman–Crippen MR) is 52.1 cm³/mol. The number of ether oxygens (including phenoxy) is 1. The quantitative estimate of drug-likeness (QED) is 0.697. The van der Waals surface area contributed by atoms with Crippen LogP contribution in [-0.2, 0) is 9.53 Å². The second-order valence-corrected chi connectivity index (χ2v) is 4.02. The van der Waals surface area contributed by atoms with E-state index < -0.39 is 0 Å². The van der Waals surface area contributed by atoms with E-state index in [4.69, 9.17) is 4.74 Å². The summed E-state index contributed by atoms with van der Waals surface area (Å²) >= 11 is 0. The van der Waals surface area contributed by atoms with E-state index in [9.17, 15) is 9.90 Å². The molecule has 0 unspecified atom stereocenters. The average molecular weight is 196 g/mol. The molecule has 0 aromatic carbocycles. The molecule has 1 saturated heterocycles. The zero-order valence-corrected chi connectivity index (χ0v) is 8.29. The maximum Gasteiger partial charge on any atom is 0.162 e. The number of carbonyl (C=O) groups is 1. The van der Waals surface area contributed by atoms with Gasteiger partial charge in [0.1, 0.15) is 0 Å². The lowest BCUT2D eigenvalue weighted by Gasteiger charge is -2.26. The van der Waals surface area contributed by atoms with Gasteiger partial charge in [-0.15, -0.1) is 0 Å². The zero-order chi connectivity index (χ0) is 9.97. The molecule has 0 amide bonds. The lowest BCUT2D eigenvalue weighted by atomic mass is 9.83. The van der Waals surface area contributed by atoms with E-state index in [1.807, 2.05) is 0 Å². The largest absolute Gasteiger partial charge is 0.512 e. The molecular weight excluding hydrogens is 180 g/mol. The minimum atomic E-state index is 0.153. The summed E-state index contributed by atoms with van der Waals surface area (Å²) in [6.07, 6.45) is 3.85. The number of hydrogen-bond acceptors (Lipinski definition) is 3. The smallest absolute Gasteiger partial charge is 0.162 e. The molecule has 1 aliphatic carbocycles. The van der Waals surface area contributed by atoms with Gasteiger partial charge < -0.3 is 9.84 Å². The van der Waals surface area contributed by atoms with Gasteiger partial charge in [-0.25, -0.2) is 0 Å². The number of allylic oxidation sites excluding steroid dienone is 2. The van der Waals surface area contributed by atoms with E-state index in [0.29, 0.717) is 37.4 Å². The maximum atomic E-state index is 11.6. The van der Waals surface area contributed by atoms with E-state index >= 15 is 0 Å². The standard InChI is InChI=1S/C11H16O3/c12-9-2-1-3-10(13)11(9)8-4-6-14-7-5-8/h8,12H,1-7H2. The molecule has 0 atom stereocenters. The molecule has 1 N–H and O–H groups in total. The Morgan fingerprint density at radius 2 is 1.93 bits per heavy atom. The van der Waals surface area contributed by atoms with Crippen LogP contribution >= 0.6 is 0 Å². The third-order valence-corrected chi connectivity index (χ3v) is 3.06. The maximum absolute atomic E-state index is 11.6. The molecule has 0 aromatic rings. The van der Waals surface area contributed by atoms with Crippen molar-refractivity contribution in [2.75, 3.05) is 13.2 Å². The van der Waals surface area contributed by atoms with Gasteiger partial charge in [-0.1, -0.05) is 0 Å². The number of ketones is 1. The van der Waals surface area contributed by atoms with Crippen molar-refractivity contribution in [2.45, 2.75) is 32.1 Å². The SMILES string of the molecule is O=C1CCCC(O)=C1C1CCOCC1. The van der Waals surface area contributed by atoms with Crippen LogP contribution in [0.1, 0.15) is 32.1 Å². The van der Waals surface area contributed by atoms with Crippen molar-refractivity contribution in [2.24, 2.45) is 5.92 Å². The van der Waals surface area contributed by atoms with Crippen LogP contribution in [0.4, 0.5) is 0 Å². The minimum absolute atomic E-state index is 0.153. The van der Waals surface area contributed by atoms with E-state index in [1.165, 1.54) is 0 Å². The molecule has 2 aliphatic rings. The number of rotatable bonds is 1. The summed E-state index contributed by atoms with van der Waals surface area (Å²) in [7, 11) is 0. The molecule has 0 bridgehead atoms. The van der Waals surface area contributed by atoms with E-state index in [1.54, 1.807) is 0 Å². The van der Waals surface area contributed by atoms with Crippen LogP contribution in [0.2, 0.25) is 0 Å². The van der Waals surface area contributed by atoms with E-state index in [-0.39, 0.29) is 11.7 Å². The summed E-state index contributed by atoms with van der Waals surface area (Å²) in [6.45, 7) is 1.43. The predicted octanol–water partition coefficient (Wildman–Crippen LogP) is 1.98. The monoisotopic (exact) mass is 196 g/mol. The molecule has 78 valence electrons. The molecule has 2 rings (SSSR count). The lowest BCUT2D eigenvalue weighted by Crippen LogP contribution is -2.25. The Kier molecular flexibility index (Phi) is 2.87. The summed E-state index contributed by atoms with van der Waals surface area (Å²) in [5, 5.41) is 9.71. The van der Waals surface area contributed by atoms with Crippen molar-refractivity contribution in [1.29, 1.82) is 0 Å². The molecule has 1 fully saturated rings. The highest BCUT2D eigenvalue weighted by Crippen LogP contribution is 2.31. The first kappa shape index (κ1) is 9.71. The summed E-state index contributed by atoms with van der Waals surface area (Å²) in [5.74, 6) is 0.741. The molecule has 1 heterocycles. The Balaban J connectivity index is 2.16. The Morgan fingerprint density at radius 3 is 2.57 bits per heavy atom. The van der Waals surface area contributed by atoms with Crippen molar-refractivity contribution in [3.8, 4) is 0 Å². The van der Waals surface area contributed by atoms with Gasteiger partial charge in [0.05, 0.1) is 5.76 Å². The number of hydrogen-bond donors (Lipinski definition) is 1. The summed E-state index contributed by atoms with van der Waals surface area (Å²) in [5.41, 5.74) is 0.708. The Bertz CT molecular complexity index is 262. The van der Waals surface area contributed by atoms with Gasteiger partial charge in [-0.05, 0) is 25.2 Å². The van der Waals surface area contributed by atoms with Gasteiger partial charge in [0.15, 0.2) is 5.78 Å². The van der Waals surface area contributed by atoms with Gasteiger partial charge >= 0.3 is 0 Å². The van der Waals surface area contributed by atoms with E-state index in [0.717, 1.165) is 19.3 Å². The van der Waals surface area contributed by atoms with Gasteiger partial charge in [0.2, 0.25) is 0 Å². The second kappa shape index (κ2) is 4.13. The third-order valence-electron chi connectivity index (χ3n) is 3.06. The van der Waals surface area contributed by atoms with Crippen molar-refractivity contribution < 1.29 is 14.6 Å². The highest BCUT2D eigenvalue weighted by Gasteiger charge is 2.28. The fourth-order valence-corrected chi connectivity index (χ4v) is 2.30. The van der Waals surface area contributed by atoms with Gasteiger partial charge in [0.25, 0.3) is 0 Å².